The summed E-state index contributed by atoms with van der Waals surface area (Å²) in [4.78, 5) is 12.2. The van der Waals surface area contributed by atoms with E-state index in [1.807, 2.05) is 0 Å². The number of carbonyl (C=O) groups excluding carboxylic acids is 1. The summed E-state index contributed by atoms with van der Waals surface area (Å²) in [5, 5.41) is 0. The highest BCUT2D eigenvalue weighted by molar-refractivity contribution is 5.98. The molecular weight excluding hydrogens is 255 g/mol. The number of ketones is 1. The van der Waals surface area contributed by atoms with Gasteiger partial charge in [-0.1, -0.05) is 18.6 Å². The molecule has 1 fully saturated rings. The molecule has 0 radical (unpaired) electrons. The van der Waals surface area contributed by atoms with Gasteiger partial charge in [-0.2, -0.15) is 13.2 Å². The van der Waals surface area contributed by atoms with E-state index >= 15 is 0 Å². The van der Waals surface area contributed by atoms with E-state index in [2.05, 4.69) is 0 Å². The van der Waals surface area contributed by atoms with Crippen LogP contribution in [0.15, 0.2) is 24.3 Å². The van der Waals surface area contributed by atoms with Crippen molar-refractivity contribution >= 4 is 5.78 Å². The first-order chi connectivity index (χ1) is 8.93. The lowest BCUT2D eigenvalue weighted by Gasteiger charge is -2.16. The van der Waals surface area contributed by atoms with Crippen LogP contribution in [0.3, 0.4) is 0 Å². The number of benzene rings is 1. The van der Waals surface area contributed by atoms with Gasteiger partial charge in [0.2, 0.25) is 0 Å². The Labute approximate surface area is 109 Å². The van der Waals surface area contributed by atoms with E-state index in [-0.39, 0.29) is 17.6 Å². The zero-order valence-corrected chi connectivity index (χ0v) is 10.4. The summed E-state index contributed by atoms with van der Waals surface area (Å²) in [7, 11) is 0. The topological polar surface area (TPSA) is 43.1 Å². The van der Waals surface area contributed by atoms with Gasteiger partial charge < -0.3 is 5.73 Å². The van der Waals surface area contributed by atoms with Crippen LogP contribution in [-0.4, -0.2) is 12.3 Å². The van der Waals surface area contributed by atoms with E-state index in [0.717, 1.165) is 31.4 Å². The summed E-state index contributed by atoms with van der Waals surface area (Å²) in [5.74, 6) is -0.0572. The highest BCUT2D eigenvalue weighted by Gasteiger charge is 2.33. The van der Waals surface area contributed by atoms with Crippen LogP contribution in [0.25, 0.3) is 0 Å². The van der Waals surface area contributed by atoms with Gasteiger partial charge >= 0.3 is 6.18 Å². The van der Waals surface area contributed by atoms with Crippen molar-refractivity contribution in [1.82, 2.24) is 0 Å². The predicted molar refractivity (Wildman–Crippen MR) is 65.7 cm³/mol. The Hall–Kier alpha value is -1.36. The third-order valence-corrected chi connectivity index (χ3v) is 3.80. The van der Waals surface area contributed by atoms with Gasteiger partial charge in [-0.3, -0.25) is 4.79 Å². The lowest BCUT2D eigenvalue weighted by Crippen LogP contribution is -2.25. The van der Waals surface area contributed by atoms with Crippen LogP contribution in [0.5, 0.6) is 0 Å². The maximum atomic E-state index is 12.4. The van der Waals surface area contributed by atoms with Crippen LogP contribution >= 0.6 is 0 Å². The lowest BCUT2D eigenvalue weighted by molar-refractivity contribution is -0.137. The summed E-state index contributed by atoms with van der Waals surface area (Å²) in [6.07, 6.45) is -1.71. The smallest absolute Gasteiger partial charge is 0.330 e. The number of hydrogen-bond donors (Lipinski definition) is 1. The molecule has 1 aromatic rings. The second-order valence-corrected chi connectivity index (χ2v) is 4.97. The minimum atomic E-state index is -4.37. The molecule has 1 aliphatic rings. The van der Waals surface area contributed by atoms with Gasteiger partial charge in [0.25, 0.3) is 0 Å². The van der Waals surface area contributed by atoms with Crippen molar-refractivity contribution in [3.63, 3.8) is 0 Å². The minimum Gasteiger partial charge on any atom is -0.330 e. The van der Waals surface area contributed by atoms with Gasteiger partial charge in [0, 0.05) is 11.5 Å². The fourth-order valence-corrected chi connectivity index (χ4v) is 2.70. The molecule has 0 saturated heterocycles. The molecule has 0 heterocycles. The fraction of sp³-hybridized carbons (Fsp3) is 0.500. The van der Waals surface area contributed by atoms with Crippen molar-refractivity contribution in [3.05, 3.63) is 35.4 Å². The molecule has 104 valence electrons. The first kappa shape index (κ1) is 14.1. The number of alkyl halides is 3. The Morgan fingerprint density at radius 3 is 2.37 bits per heavy atom. The monoisotopic (exact) mass is 271 g/mol. The van der Waals surface area contributed by atoms with E-state index in [4.69, 9.17) is 5.73 Å². The van der Waals surface area contributed by atoms with Gasteiger partial charge in [-0.05, 0) is 37.4 Å². The van der Waals surface area contributed by atoms with E-state index in [0.29, 0.717) is 12.1 Å². The molecule has 2 nitrogen and oxygen atoms in total. The van der Waals surface area contributed by atoms with Crippen molar-refractivity contribution in [1.29, 1.82) is 0 Å². The first-order valence-corrected chi connectivity index (χ1v) is 6.35. The Bertz CT molecular complexity index is 453. The summed E-state index contributed by atoms with van der Waals surface area (Å²) < 4.78 is 37.3. The Morgan fingerprint density at radius 1 is 1.21 bits per heavy atom. The predicted octanol–water partition coefficient (Wildman–Crippen LogP) is 3.26. The van der Waals surface area contributed by atoms with Gasteiger partial charge in [-0.25, -0.2) is 0 Å². The molecule has 2 N–H and O–H groups in total. The largest absolute Gasteiger partial charge is 0.416 e. The van der Waals surface area contributed by atoms with Gasteiger partial charge in [-0.15, -0.1) is 0 Å². The Morgan fingerprint density at radius 2 is 1.84 bits per heavy atom. The second kappa shape index (κ2) is 5.33. The van der Waals surface area contributed by atoms with Crippen LogP contribution in [-0.2, 0) is 6.18 Å². The summed E-state index contributed by atoms with van der Waals surface area (Å²) in [6.45, 7) is 0.455. The van der Waals surface area contributed by atoms with E-state index in [1.165, 1.54) is 12.1 Å². The average molecular weight is 271 g/mol. The van der Waals surface area contributed by atoms with Gasteiger partial charge in [0.15, 0.2) is 5.78 Å². The number of hydrogen-bond acceptors (Lipinski definition) is 2. The van der Waals surface area contributed by atoms with Crippen molar-refractivity contribution < 1.29 is 18.0 Å². The van der Waals surface area contributed by atoms with Crippen LogP contribution in [0.2, 0.25) is 0 Å². The molecule has 2 unspecified atom stereocenters. The van der Waals surface area contributed by atoms with Gasteiger partial charge in [0.05, 0.1) is 5.56 Å². The van der Waals surface area contributed by atoms with Crippen LogP contribution in [0.1, 0.15) is 35.2 Å². The molecular formula is C14H16F3NO. The molecule has 2 atom stereocenters. The number of rotatable bonds is 3. The molecule has 0 amide bonds. The van der Waals surface area contributed by atoms with E-state index in [1.54, 1.807) is 0 Å². The molecule has 1 saturated carbocycles. The van der Waals surface area contributed by atoms with Crippen molar-refractivity contribution in [2.24, 2.45) is 17.6 Å². The van der Waals surface area contributed by atoms with Crippen LogP contribution in [0, 0.1) is 11.8 Å². The molecule has 2 rings (SSSR count). The zero-order valence-electron chi connectivity index (χ0n) is 10.4. The molecule has 19 heavy (non-hydrogen) atoms. The lowest BCUT2D eigenvalue weighted by atomic mass is 9.88. The molecule has 0 aromatic heterocycles. The van der Waals surface area contributed by atoms with Crippen LogP contribution in [0.4, 0.5) is 13.2 Å². The highest BCUT2D eigenvalue weighted by atomic mass is 19.4. The maximum Gasteiger partial charge on any atom is 0.416 e. The molecule has 5 heteroatoms. The van der Waals surface area contributed by atoms with E-state index in [9.17, 15) is 18.0 Å². The minimum absolute atomic E-state index is 0.0818. The number of nitrogens with two attached hydrogens (primary N) is 1. The van der Waals surface area contributed by atoms with Gasteiger partial charge in [0.1, 0.15) is 0 Å². The molecule has 0 spiro atoms. The number of halogens is 3. The first-order valence-electron chi connectivity index (χ1n) is 6.35. The summed E-state index contributed by atoms with van der Waals surface area (Å²) in [6, 6.07) is 4.44. The number of carbonyl (C=O) groups is 1. The quantitative estimate of drug-likeness (QED) is 0.857. The Balaban J connectivity index is 2.16. The number of Topliss-reactive ketones (excluding diaryl/α,β-unsaturated/α-hetero) is 1. The standard InChI is InChI=1S/C14H16F3NO/c15-14(16,17)11-6-4-9(5-7-11)13(19)12-3-1-2-10(12)8-18/h4-7,10,12H,1-3,8,18H2. The zero-order chi connectivity index (χ0) is 14.0. The van der Waals surface area contributed by atoms with Crippen molar-refractivity contribution in [2.45, 2.75) is 25.4 Å². The average Bonchev–Trinajstić information content (AvgIpc) is 2.85. The van der Waals surface area contributed by atoms with Crippen molar-refractivity contribution in [2.75, 3.05) is 6.54 Å². The summed E-state index contributed by atoms with van der Waals surface area (Å²) in [5.41, 5.74) is 5.24. The molecule has 1 aromatic carbocycles. The van der Waals surface area contributed by atoms with Crippen molar-refractivity contribution in [3.8, 4) is 0 Å². The molecule has 0 bridgehead atoms. The molecule has 0 aliphatic heterocycles. The van der Waals surface area contributed by atoms with Crippen LogP contribution < -0.4 is 5.73 Å². The molecule has 1 aliphatic carbocycles. The normalized spacial score (nSPS) is 23.6. The fourth-order valence-electron chi connectivity index (χ4n) is 2.70. The second-order valence-electron chi connectivity index (χ2n) is 4.97. The highest BCUT2D eigenvalue weighted by Crippen LogP contribution is 2.34. The summed E-state index contributed by atoms with van der Waals surface area (Å²) >= 11 is 0. The third kappa shape index (κ3) is 2.97. The Kier molecular flexibility index (Phi) is 3.94. The maximum absolute atomic E-state index is 12.4. The van der Waals surface area contributed by atoms with E-state index < -0.39 is 11.7 Å². The SMILES string of the molecule is NCC1CCCC1C(=O)c1ccc(C(F)(F)F)cc1. The third-order valence-electron chi connectivity index (χ3n) is 3.80.